The molecule has 1 unspecified atom stereocenters. The lowest BCUT2D eigenvalue weighted by molar-refractivity contribution is -0.115. The van der Waals surface area contributed by atoms with Crippen molar-refractivity contribution in [2.75, 3.05) is 10.6 Å². The maximum Gasteiger partial charge on any atom is 0.265 e. The van der Waals surface area contributed by atoms with Crippen LogP contribution < -0.4 is 10.6 Å². The number of carbonyl (C=O) groups is 2. The van der Waals surface area contributed by atoms with Gasteiger partial charge in [-0.2, -0.15) is 0 Å². The minimum Gasteiger partial charge on any atom is -0.321 e. The number of hydrogen-bond donors (Lipinski definition) is 2. The largest absolute Gasteiger partial charge is 0.321 e. The summed E-state index contributed by atoms with van der Waals surface area (Å²) < 4.78 is 55.5. The van der Waals surface area contributed by atoms with Crippen LogP contribution >= 0.6 is 23.1 Å². The molecule has 4 aromatic rings. The summed E-state index contributed by atoms with van der Waals surface area (Å²) in [5.41, 5.74) is -0.239. The van der Waals surface area contributed by atoms with Gasteiger partial charge in [0.1, 0.15) is 10.9 Å². The molecule has 35 heavy (non-hydrogen) atoms. The molecule has 2 N–H and O–H groups in total. The highest BCUT2D eigenvalue weighted by atomic mass is 32.2. The Balaban J connectivity index is 1.60. The second kappa shape index (κ2) is 10.7. The summed E-state index contributed by atoms with van der Waals surface area (Å²) in [5.74, 6) is -7.84. The molecule has 0 radical (unpaired) electrons. The fourth-order valence-electron chi connectivity index (χ4n) is 3.16. The van der Waals surface area contributed by atoms with Crippen LogP contribution in [-0.4, -0.2) is 11.8 Å². The van der Waals surface area contributed by atoms with E-state index in [1.165, 1.54) is 11.3 Å². The molecule has 0 bridgehead atoms. The van der Waals surface area contributed by atoms with Crippen molar-refractivity contribution in [3.63, 3.8) is 0 Å². The van der Waals surface area contributed by atoms with E-state index < -0.39 is 40.1 Å². The first-order valence-electron chi connectivity index (χ1n) is 10.1. The second-order valence-electron chi connectivity index (χ2n) is 7.20. The molecule has 178 valence electrons. The molecule has 0 fully saturated rings. The molecule has 0 saturated heterocycles. The van der Waals surface area contributed by atoms with Gasteiger partial charge in [0.15, 0.2) is 23.3 Å². The summed E-state index contributed by atoms with van der Waals surface area (Å²) in [6, 6.07) is 18.5. The van der Waals surface area contributed by atoms with E-state index in [1.54, 1.807) is 72.1 Å². The summed E-state index contributed by atoms with van der Waals surface area (Å²) in [5, 5.41) is 5.50. The minimum absolute atomic E-state index is 0.0692. The molecule has 4 rings (SSSR count). The van der Waals surface area contributed by atoms with Gasteiger partial charge in [-0.25, -0.2) is 17.6 Å². The molecule has 10 heteroatoms. The average molecular weight is 517 g/mol. The van der Waals surface area contributed by atoms with Crippen LogP contribution in [0, 0.1) is 23.3 Å². The van der Waals surface area contributed by atoms with E-state index in [0.717, 1.165) is 11.8 Å². The van der Waals surface area contributed by atoms with Gasteiger partial charge in [-0.15, -0.1) is 23.1 Å². The van der Waals surface area contributed by atoms with E-state index in [1.807, 2.05) is 5.32 Å². The van der Waals surface area contributed by atoms with Gasteiger partial charge < -0.3 is 10.6 Å². The number of benzene rings is 3. The molecular formula is C25H16F4N2O2S2. The number of nitrogens with one attached hydrogen (secondary N) is 2. The van der Waals surface area contributed by atoms with E-state index in [0.29, 0.717) is 21.0 Å². The fraction of sp³-hybridized carbons (Fsp3) is 0.0400. The van der Waals surface area contributed by atoms with Gasteiger partial charge in [-0.05, 0) is 35.2 Å². The van der Waals surface area contributed by atoms with Gasteiger partial charge >= 0.3 is 0 Å². The summed E-state index contributed by atoms with van der Waals surface area (Å²) in [4.78, 5) is 26.5. The predicted molar refractivity (Wildman–Crippen MR) is 129 cm³/mol. The molecule has 1 aromatic heterocycles. The Morgan fingerprint density at radius 1 is 0.800 bits per heavy atom. The molecule has 0 aliphatic rings. The van der Waals surface area contributed by atoms with Gasteiger partial charge in [-0.1, -0.05) is 42.5 Å². The van der Waals surface area contributed by atoms with Crippen molar-refractivity contribution in [3.05, 3.63) is 112 Å². The van der Waals surface area contributed by atoms with Crippen molar-refractivity contribution in [1.82, 2.24) is 0 Å². The van der Waals surface area contributed by atoms with Gasteiger partial charge in [0.05, 0.1) is 4.88 Å². The van der Waals surface area contributed by atoms with Gasteiger partial charge in [0, 0.05) is 16.6 Å². The quantitative estimate of drug-likeness (QED) is 0.158. The number of anilines is 2. The summed E-state index contributed by atoms with van der Waals surface area (Å²) in [7, 11) is 0. The van der Waals surface area contributed by atoms with Crippen LogP contribution in [0.5, 0.6) is 0 Å². The highest BCUT2D eigenvalue weighted by Crippen LogP contribution is 2.38. The van der Waals surface area contributed by atoms with Gasteiger partial charge in [-0.3, -0.25) is 9.59 Å². The standard InChI is InChI=1S/C25H16F4N2O2S2/c26-17-13-18(27)21(29)22(20(17)28)31-25(33)23(14-6-2-1-3-7-14)35-16-9-4-8-15(12-16)30-24(32)19-10-5-11-34-19/h1-13,23H,(H,30,32)(H,31,33). The molecular weight excluding hydrogens is 500 g/mol. The number of carbonyl (C=O) groups excluding carboxylic acids is 2. The first-order chi connectivity index (χ1) is 16.8. The third kappa shape index (κ3) is 5.72. The Bertz CT molecular complexity index is 1340. The summed E-state index contributed by atoms with van der Waals surface area (Å²) >= 11 is 2.32. The van der Waals surface area contributed by atoms with E-state index >= 15 is 0 Å². The highest BCUT2D eigenvalue weighted by Gasteiger charge is 2.27. The zero-order chi connectivity index (χ0) is 24.9. The molecule has 0 aliphatic carbocycles. The van der Waals surface area contributed by atoms with E-state index in [2.05, 4.69) is 5.32 Å². The number of thioether (sulfide) groups is 1. The van der Waals surface area contributed by atoms with Crippen molar-refractivity contribution in [2.45, 2.75) is 10.1 Å². The smallest absolute Gasteiger partial charge is 0.265 e. The van der Waals surface area contributed by atoms with Crippen molar-refractivity contribution in [2.24, 2.45) is 0 Å². The molecule has 1 atom stereocenters. The summed E-state index contributed by atoms with van der Waals surface area (Å²) in [6.45, 7) is 0. The lowest BCUT2D eigenvalue weighted by Gasteiger charge is -2.18. The molecule has 1 heterocycles. The average Bonchev–Trinajstić information content (AvgIpc) is 3.40. The normalized spacial score (nSPS) is 11.7. The lowest BCUT2D eigenvalue weighted by atomic mass is 10.1. The molecule has 3 aromatic carbocycles. The summed E-state index contributed by atoms with van der Waals surface area (Å²) in [6.07, 6.45) is 0. The van der Waals surface area contributed by atoms with Gasteiger partial charge in [0.25, 0.3) is 5.91 Å². The zero-order valence-corrected chi connectivity index (χ0v) is 19.4. The predicted octanol–water partition coefficient (Wildman–Crippen LogP) is 7.03. The molecule has 4 nitrogen and oxygen atoms in total. The first kappa shape index (κ1) is 24.5. The fourth-order valence-corrected chi connectivity index (χ4v) is 4.86. The second-order valence-corrected chi connectivity index (χ2v) is 9.33. The Morgan fingerprint density at radius 3 is 2.17 bits per heavy atom. The number of hydrogen-bond acceptors (Lipinski definition) is 4. The van der Waals surface area contributed by atoms with E-state index in [9.17, 15) is 27.2 Å². The van der Waals surface area contributed by atoms with Crippen molar-refractivity contribution < 1.29 is 27.2 Å². The van der Waals surface area contributed by atoms with Crippen molar-refractivity contribution in [1.29, 1.82) is 0 Å². The zero-order valence-electron chi connectivity index (χ0n) is 17.7. The van der Waals surface area contributed by atoms with E-state index in [-0.39, 0.29) is 12.0 Å². The Kier molecular flexibility index (Phi) is 7.52. The monoisotopic (exact) mass is 516 g/mol. The number of halogens is 4. The SMILES string of the molecule is O=C(Nc1cccc(SC(C(=O)Nc2c(F)c(F)cc(F)c2F)c2ccccc2)c1)c1cccs1. The Labute approximate surface area is 206 Å². The minimum atomic E-state index is -1.70. The van der Waals surface area contributed by atoms with Crippen LogP contribution in [0.15, 0.2) is 83.1 Å². The molecule has 0 spiro atoms. The molecule has 0 saturated carbocycles. The Morgan fingerprint density at radius 2 is 1.51 bits per heavy atom. The van der Waals surface area contributed by atoms with Gasteiger partial charge in [0.2, 0.25) is 5.91 Å². The lowest BCUT2D eigenvalue weighted by Crippen LogP contribution is -2.21. The highest BCUT2D eigenvalue weighted by molar-refractivity contribution is 8.00. The number of thiophene rings is 1. The third-order valence-corrected chi connectivity index (χ3v) is 6.91. The number of rotatable bonds is 7. The Hall–Kier alpha value is -3.63. The maximum atomic E-state index is 14.1. The van der Waals surface area contributed by atoms with Crippen LogP contribution in [0.4, 0.5) is 28.9 Å². The molecule has 0 aliphatic heterocycles. The molecule has 2 amide bonds. The first-order valence-corrected chi connectivity index (χ1v) is 11.9. The topological polar surface area (TPSA) is 58.2 Å². The van der Waals surface area contributed by atoms with Crippen LogP contribution in [-0.2, 0) is 4.79 Å². The third-order valence-electron chi connectivity index (χ3n) is 4.79. The van der Waals surface area contributed by atoms with E-state index in [4.69, 9.17) is 0 Å². The van der Waals surface area contributed by atoms with Crippen molar-refractivity contribution >= 4 is 46.3 Å². The van der Waals surface area contributed by atoms with Crippen LogP contribution in [0.3, 0.4) is 0 Å². The van der Waals surface area contributed by atoms with Crippen LogP contribution in [0.25, 0.3) is 0 Å². The van der Waals surface area contributed by atoms with Crippen molar-refractivity contribution in [3.8, 4) is 0 Å². The maximum absolute atomic E-state index is 14.1. The number of amides is 2. The van der Waals surface area contributed by atoms with Crippen LogP contribution in [0.1, 0.15) is 20.5 Å². The van der Waals surface area contributed by atoms with Crippen LogP contribution in [0.2, 0.25) is 0 Å².